The van der Waals surface area contributed by atoms with Gasteiger partial charge in [-0.3, -0.25) is 0 Å². The summed E-state index contributed by atoms with van der Waals surface area (Å²) in [5.41, 5.74) is 2.16. The van der Waals surface area contributed by atoms with Gasteiger partial charge in [0.2, 0.25) is 0 Å². The zero-order valence-corrected chi connectivity index (χ0v) is 13.0. The molecule has 0 fully saturated rings. The first-order valence-electron chi connectivity index (χ1n) is 7.27. The fourth-order valence-corrected chi connectivity index (χ4v) is 4.24. The van der Waals surface area contributed by atoms with Crippen molar-refractivity contribution in [2.24, 2.45) is 5.92 Å². The van der Waals surface area contributed by atoms with Crippen LogP contribution in [0.5, 0.6) is 0 Å². The van der Waals surface area contributed by atoms with E-state index in [2.05, 4.69) is 32.2 Å². The monoisotopic (exact) mass is 252 g/mol. The summed E-state index contributed by atoms with van der Waals surface area (Å²) < 4.78 is 0. The van der Waals surface area contributed by atoms with Gasteiger partial charge in [-0.2, -0.15) is 0 Å². The Balaban J connectivity index is 0.000000686. The van der Waals surface area contributed by atoms with Gasteiger partial charge in [-0.05, 0) is 54.0 Å². The lowest BCUT2D eigenvalue weighted by Crippen LogP contribution is -2.31. The van der Waals surface area contributed by atoms with Gasteiger partial charge in [0.25, 0.3) is 0 Å². The van der Waals surface area contributed by atoms with Crippen molar-refractivity contribution < 1.29 is 0 Å². The number of thiophene rings is 1. The van der Waals surface area contributed by atoms with Crippen molar-refractivity contribution in [3.05, 3.63) is 21.9 Å². The minimum atomic E-state index is 0.478. The topological polar surface area (TPSA) is 0 Å². The van der Waals surface area contributed by atoms with Crippen molar-refractivity contribution >= 4 is 11.3 Å². The Bertz CT molecular complexity index is 324. The van der Waals surface area contributed by atoms with Gasteiger partial charge >= 0.3 is 0 Å². The zero-order valence-electron chi connectivity index (χ0n) is 12.2. The van der Waals surface area contributed by atoms with Crippen LogP contribution in [-0.2, 0) is 11.8 Å². The Morgan fingerprint density at radius 2 is 2.00 bits per heavy atom. The second-order valence-corrected chi connectivity index (χ2v) is 6.13. The molecule has 0 bridgehead atoms. The third-order valence-corrected chi connectivity index (χ3v) is 5.28. The van der Waals surface area contributed by atoms with E-state index in [1.807, 2.05) is 25.2 Å². The molecule has 0 nitrogen and oxygen atoms in total. The van der Waals surface area contributed by atoms with Crippen LogP contribution in [0.4, 0.5) is 0 Å². The quantitative estimate of drug-likeness (QED) is 0.583. The summed E-state index contributed by atoms with van der Waals surface area (Å²) >= 11 is 1.97. The van der Waals surface area contributed by atoms with Gasteiger partial charge in [-0.1, -0.05) is 41.0 Å². The number of hydrogen-bond acceptors (Lipinski definition) is 1. The molecule has 0 radical (unpaired) electrons. The number of rotatable bonds is 2. The second kappa shape index (κ2) is 6.58. The molecule has 1 aliphatic rings. The predicted molar refractivity (Wildman–Crippen MR) is 80.0 cm³/mol. The van der Waals surface area contributed by atoms with Crippen LogP contribution in [0.15, 0.2) is 11.4 Å². The molecular weight excluding hydrogens is 224 g/mol. The van der Waals surface area contributed by atoms with Crippen molar-refractivity contribution in [3.63, 3.8) is 0 Å². The molecule has 2 rings (SSSR count). The molecule has 1 aromatic rings. The number of aryl methyl sites for hydroxylation is 1. The smallest absolute Gasteiger partial charge is 0.00829 e. The summed E-state index contributed by atoms with van der Waals surface area (Å²) in [5.74, 6) is 0.772. The molecule has 0 N–H and O–H groups in total. The zero-order chi connectivity index (χ0) is 12.9. The van der Waals surface area contributed by atoms with Crippen molar-refractivity contribution in [2.45, 2.75) is 72.1 Å². The lowest BCUT2D eigenvalue weighted by molar-refractivity contribution is 0.271. The first-order chi connectivity index (χ1) is 8.20. The molecular formula is C16H28S. The lowest BCUT2D eigenvalue weighted by atomic mass is 9.68. The van der Waals surface area contributed by atoms with E-state index in [1.54, 1.807) is 10.4 Å². The highest BCUT2D eigenvalue weighted by Crippen LogP contribution is 2.45. The molecule has 1 heteroatoms. The molecule has 0 saturated carbocycles. The lowest BCUT2D eigenvalue weighted by Gasteiger charge is -2.36. The minimum Gasteiger partial charge on any atom is -0.149 e. The van der Waals surface area contributed by atoms with E-state index in [4.69, 9.17) is 0 Å². The molecule has 1 aliphatic carbocycles. The second-order valence-electron chi connectivity index (χ2n) is 5.13. The maximum atomic E-state index is 2.40. The van der Waals surface area contributed by atoms with Gasteiger partial charge in [-0.15, -0.1) is 11.3 Å². The van der Waals surface area contributed by atoms with Gasteiger partial charge in [0, 0.05) is 4.88 Å². The first-order valence-corrected chi connectivity index (χ1v) is 8.15. The summed E-state index contributed by atoms with van der Waals surface area (Å²) in [6.07, 6.45) is 6.82. The van der Waals surface area contributed by atoms with Crippen LogP contribution in [-0.4, -0.2) is 0 Å². The normalized spacial score (nSPS) is 23.6. The molecule has 0 spiro atoms. The average Bonchev–Trinajstić information content (AvgIpc) is 2.74. The third-order valence-electron chi connectivity index (χ3n) is 4.29. The van der Waals surface area contributed by atoms with Crippen LogP contribution in [0.25, 0.3) is 0 Å². The standard InChI is InChI=1S/C14H22S.C2H6/c1-4-14(11(2)3)9-6-5-7-13-12(14)8-10-15-13;1-2/h8,10-11H,4-7,9H2,1-3H3;1-2H3. The van der Waals surface area contributed by atoms with E-state index in [0.29, 0.717) is 5.41 Å². The van der Waals surface area contributed by atoms with E-state index in [1.165, 1.54) is 32.1 Å². The van der Waals surface area contributed by atoms with E-state index in [9.17, 15) is 0 Å². The van der Waals surface area contributed by atoms with Gasteiger partial charge in [-0.25, -0.2) is 0 Å². The van der Waals surface area contributed by atoms with Crippen molar-refractivity contribution in [3.8, 4) is 0 Å². The number of fused-ring (bicyclic) bond motifs is 1. The summed E-state index contributed by atoms with van der Waals surface area (Å²) in [6.45, 7) is 11.2. The largest absolute Gasteiger partial charge is 0.149 e. The molecule has 1 atom stereocenters. The average molecular weight is 252 g/mol. The van der Waals surface area contributed by atoms with Crippen molar-refractivity contribution in [2.75, 3.05) is 0 Å². The van der Waals surface area contributed by atoms with E-state index in [0.717, 1.165) is 5.92 Å². The summed E-state index contributed by atoms with van der Waals surface area (Å²) in [7, 11) is 0. The van der Waals surface area contributed by atoms with Crippen LogP contribution in [0.3, 0.4) is 0 Å². The van der Waals surface area contributed by atoms with Gasteiger partial charge in [0.05, 0.1) is 0 Å². The molecule has 1 aromatic heterocycles. The number of hydrogen-bond donors (Lipinski definition) is 0. The van der Waals surface area contributed by atoms with E-state index in [-0.39, 0.29) is 0 Å². The Labute approximate surface area is 111 Å². The van der Waals surface area contributed by atoms with Crippen molar-refractivity contribution in [1.82, 2.24) is 0 Å². The molecule has 0 aliphatic heterocycles. The van der Waals surface area contributed by atoms with Gasteiger partial charge in [0.15, 0.2) is 0 Å². The fourth-order valence-electron chi connectivity index (χ4n) is 3.21. The SMILES string of the molecule is CC.CCC1(C(C)C)CCCCc2sccc21. The molecule has 0 saturated heterocycles. The van der Waals surface area contributed by atoms with Crippen LogP contribution < -0.4 is 0 Å². The maximum Gasteiger partial charge on any atom is 0.00829 e. The minimum absolute atomic E-state index is 0.478. The summed E-state index contributed by atoms with van der Waals surface area (Å²) in [6, 6.07) is 2.40. The molecule has 1 heterocycles. The van der Waals surface area contributed by atoms with Crippen LogP contribution >= 0.6 is 11.3 Å². The summed E-state index contributed by atoms with van der Waals surface area (Å²) in [4.78, 5) is 1.67. The molecule has 0 amide bonds. The van der Waals surface area contributed by atoms with Crippen LogP contribution in [0, 0.1) is 5.92 Å². The molecule has 0 aromatic carbocycles. The fraction of sp³-hybridized carbons (Fsp3) is 0.750. The predicted octanol–water partition coefficient (Wildman–Crippen LogP) is 5.80. The van der Waals surface area contributed by atoms with Crippen LogP contribution in [0.2, 0.25) is 0 Å². The van der Waals surface area contributed by atoms with E-state index >= 15 is 0 Å². The Morgan fingerprint density at radius 1 is 1.29 bits per heavy atom. The van der Waals surface area contributed by atoms with Gasteiger partial charge in [0.1, 0.15) is 0 Å². The Hall–Kier alpha value is -0.300. The molecule has 1 unspecified atom stereocenters. The highest BCUT2D eigenvalue weighted by Gasteiger charge is 2.36. The summed E-state index contributed by atoms with van der Waals surface area (Å²) in [5, 5.41) is 2.29. The van der Waals surface area contributed by atoms with E-state index < -0.39 is 0 Å². The Morgan fingerprint density at radius 3 is 2.59 bits per heavy atom. The molecule has 17 heavy (non-hydrogen) atoms. The first kappa shape index (κ1) is 14.8. The molecule has 98 valence electrons. The Kier molecular flexibility index (Phi) is 5.72. The highest BCUT2D eigenvalue weighted by molar-refractivity contribution is 7.10. The highest BCUT2D eigenvalue weighted by atomic mass is 32.1. The third kappa shape index (κ3) is 2.76. The van der Waals surface area contributed by atoms with Crippen LogP contribution in [0.1, 0.15) is 70.7 Å². The van der Waals surface area contributed by atoms with Crippen molar-refractivity contribution in [1.29, 1.82) is 0 Å². The maximum absolute atomic E-state index is 2.40. The van der Waals surface area contributed by atoms with Gasteiger partial charge < -0.3 is 0 Å².